The van der Waals surface area contributed by atoms with Crippen molar-refractivity contribution >= 4 is 13.8 Å². The number of hydrogen-bond acceptors (Lipinski definition) is 6. The molecule has 2 N–H and O–H groups in total. The molecule has 1 aromatic carbocycles. The van der Waals surface area contributed by atoms with Crippen LogP contribution in [-0.4, -0.2) is 28.7 Å². The Balaban J connectivity index is 1.99. The van der Waals surface area contributed by atoms with Gasteiger partial charge in [-0.25, -0.2) is 9.36 Å². The van der Waals surface area contributed by atoms with Crippen molar-refractivity contribution in [3.8, 4) is 11.5 Å². The van der Waals surface area contributed by atoms with Crippen molar-refractivity contribution in [2.45, 2.75) is 71.3 Å². The van der Waals surface area contributed by atoms with Crippen LogP contribution in [0.25, 0.3) is 0 Å². The second kappa shape index (κ2) is 10.3. The molecule has 32 heavy (non-hydrogen) atoms. The highest BCUT2D eigenvalue weighted by molar-refractivity contribution is 7.47. The number of phosphoric ester groups is 1. The third-order valence-corrected chi connectivity index (χ3v) is 7.08. The molecule has 1 heterocycles. The number of carbonyl (C=O) groups is 1. The van der Waals surface area contributed by atoms with Gasteiger partial charge in [0.15, 0.2) is 6.10 Å². The quantitative estimate of drug-likeness (QED) is 0.171. The molecular weight excluding hydrogens is 431 g/mol. The third-order valence-electron chi connectivity index (χ3n) is 6.09. The van der Waals surface area contributed by atoms with Crippen LogP contribution in [0, 0.1) is 5.92 Å². The van der Waals surface area contributed by atoms with Crippen LogP contribution in [-0.2, 0) is 24.8 Å². The molecule has 0 aromatic heterocycles. The number of hydrogen-bond donors (Lipinski definition) is 2. The van der Waals surface area contributed by atoms with Gasteiger partial charge in [0.25, 0.3) is 0 Å². The number of aryl methyl sites for hydroxylation is 1. The summed E-state index contributed by atoms with van der Waals surface area (Å²) in [6.45, 7) is 9.91. The molecule has 7 nitrogen and oxygen atoms in total. The molecule has 8 heteroatoms. The van der Waals surface area contributed by atoms with E-state index in [9.17, 15) is 19.4 Å². The van der Waals surface area contributed by atoms with Gasteiger partial charge in [0.05, 0.1) is 6.61 Å². The lowest BCUT2D eigenvalue weighted by molar-refractivity contribution is -0.141. The van der Waals surface area contributed by atoms with Crippen LogP contribution in [0.2, 0.25) is 0 Å². The van der Waals surface area contributed by atoms with E-state index in [1.54, 1.807) is 12.1 Å². The Morgan fingerprint density at radius 3 is 2.72 bits per heavy atom. The normalized spacial score (nSPS) is 27.8. The third kappa shape index (κ3) is 5.90. The topological polar surface area (TPSA) is 102 Å². The number of esters is 1. The summed E-state index contributed by atoms with van der Waals surface area (Å²) in [5.74, 6) is -0.617. The zero-order valence-corrected chi connectivity index (χ0v) is 19.9. The molecule has 1 fully saturated rings. The Hall–Kier alpha value is -1.92. The molecule has 0 amide bonds. The summed E-state index contributed by atoms with van der Waals surface area (Å²) in [6.07, 6.45) is 6.45. The van der Waals surface area contributed by atoms with E-state index in [1.165, 1.54) is 5.57 Å². The molecule has 1 aromatic rings. The zero-order valence-electron chi connectivity index (χ0n) is 19.0. The van der Waals surface area contributed by atoms with Gasteiger partial charge in [-0.2, -0.15) is 0 Å². The van der Waals surface area contributed by atoms with E-state index in [1.807, 2.05) is 13.8 Å². The van der Waals surface area contributed by atoms with E-state index in [4.69, 9.17) is 9.26 Å². The summed E-state index contributed by atoms with van der Waals surface area (Å²) in [6, 6.07) is 3.52. The number of unbranched alkanes of at least 4 members (excludes halogenated alkanes) is 2. The van der Waals surface area contributed by atoms with Gasteiger partial charge in [-0.15, -0.1) is 0 Å². The van der Waals surface area contributed by atoms with Crippen LogP contribution < -0.4 is 4.74 Å². The Morgan fingerprint density at radius 2 is 2.09 bits per heavy atom. The number of rotatable bonds is 8. The second-order valence-electron chi connectivity index (χ2n) is 8.79. The fourth-order valence-electron chi connectivity index (χ4n) is 4.39. The predicted octanol–water partition coefficient (Wildman–Crippen LogP) is 5.56. The van der Waals surface area contributed by atoms with E-state index >= 15 is 0 Å². The Kier molecular flexibility index (Phi) is 7.99. The summed E-state index contributed by atoms with van der Waals surface area (Å²) in [5, 5.41) is 11.0. The zero-order chi connectivity index (χ0) is 23.5. The molecule has 2 unspecified atom stereocenters. The molecule has 176 valence electrons. The summed E-state index contributed by atoms with van der Waals surface area (Å²) in [7, 11) is -4.24. The van der Waals surface area contributed by atoms with Gasteiger partial charge in [-0.05, 0) is 63.1 Å². The minimum Gasteiger partial charge on any atom is -0.507 e. The Morgan fingerprint density at radius 1 is 1.34 bits per heavy atom. The predicted molar refractivity (Wildman–Crippen MR) is 122 cm³/mol. The van der Waals surface area contributed by atoms with E-state index in [0.29, 0.717) is 5.56 Å². The Bertz CT molecular complexity index is 952. The minimum absolute atomic E-state index is 0.0698. The molecular formula is C24H33O7P. The highest BCUT2D eigenvalue weighted by Gasteiger charge is 2.41. The van der Waals surface area contributed by atoms with Gasteiger partial charge in [-0.1, -0.05) is 43.6 Å². The van der Waals surface area contributed by atoms with Crippen LogP contribution in [0.15, 0.2) is 35.9 Å². The van der Waals surface area contributed by atoms with Crippen LogP contribution in [0.4, 0.5) is 0 Å². The maximum absolute atomic E-state index is 12.7. The molecule has 0 spiro atoms. The first-order chi connectivity index (χ1) is 15.1. The number of phenols is 1. The molecule has 4 atom stereocenters. The standard InChI is InChI=1S/C24H33O7P/c1-5-6-7-8-17-12-20(25)23(19-11-16(4)9-10-18(19)15(2)3)21(13-17)30-24(26)22-14-29-32(27,28)31-22/h11-13,18-19,22,25H,2,5-10,14H2,1,3-4H3,(H,27,28)/t18-,19+,22?/m0/s1. The van der Waals surface area contributed by atoms with Crippen molar-refractivity contribution in [2.24, 2.45) is 5.92 Å². The number of carbonyl (C=O) groups excluding carboxylic acids is 1. The van der Waals surface area contributed by atoms with Crippen molar-refractivity contribution in [3.63, 3.8) is 0 Å². The van der Waals surface area contributed by atoms with E-state index < -0.39 is 19.9 Å². The molecule has 3 rings (SSSR count). The van der Waals surface area contributed by atoms with Crippen LogP contribution in [0.3, 0.4) is 0 Å². The molecule has 0 radical (unpaired) electrons. The summed E-state index contributed by atoms with van der Waals surface area (Å²) in [4.78, 5) is 22.1. The maximum atomic E-state index is 12.7. The largest absolute Gasteiger partial charge is 0.507 e. The van der Waals surface area contributed by atoms with E-state index in [-0.39, 0.29) is 29.9 Å². The Labute approximate surface area is 189 Å². The highest BCUT2D eigenvalue weighted by Crippen LogP contribution is 2.50. The minimum atomic E-state index is -4.24. The summed E-state index contributed by atoms with van der Waals surface area (Å²) < 4.78 is 26.7. The number of aromatic hydroxyl groups is 1. The molecule has 0 saturated carbocycles. The SMILES string of the molecule is C=C(C)[C@@H]1CCC(C)=C[C@H]1c1c(O)cc(CCCCC)cc1OC(=O)C1COP(=O)(O)O1. The van der Waals surface area contributed by atoms with Gasteiger partial charge in [-0.3, -0.25) is 9.05 Å². The van der Waals surface area contributed by atoms with Crippen molar-refractivity contribution in [3.05, 3.63) is 47.1 Å². The maximum Gasteiger partial charge on any atom is 0.473 e. The molecule has 1 aliphatic heterocycles. The fourth-order valence-corrected chi connectivity index (χ4v) is 5.24. The average molecular weight is 464 g/mol. The number of phosphoric acid groups is 1. The fraction of sp³-hybridized carbons (Fsp3) is 0.542. The average Bonchev–Trinajstić information content (AvgIpc) is 3.07. The summed E-state index contributed by atoms with van der Waals surface area (Å²) >= 11 is 0. The highest BCUT2D eigenvalue weighted by atomic mass is 31.2. The first kappa shape index (κ1) is 24.7. The first-order valence-electron chi connectivity index (χ1n) is 11.2. The van der Waals surface area contributed by atoms with Crippen LogP contribution >= 0.6 is 7.82 Å². The number of benzene rings is 1. The van der Waals surface area contributed by atoms with Crippen molar-refractivity contribution in [2.75, 3.05) is 6.61 Å². The van der Waals surface area contributed by atoms with Gasteiger partial charge in [0, 0.05) is 11.5 Å². The molecule has 1 saturated heterocycles. The lowest BCUT2D eigenvalue weighted by Crippen LogP contribution is -2.28. The van der Waals surface area contributed by atoms with E-state index in [2.05, 4.69) is 24.1 Å². The molecule has 1 aliphatic carbocycles. The lowest BCUT2D eigenvalue weighted by Gasteiger charge is -2.32. The monoisotopic (exact) mass is 464 g/mol. The van der Waals surface area contributed by atoms with Crippen LogP contribution in [0.5, 0.6) is 11.5 Å². The van der Waals surface area contributed by atoms with Crippen molar-refractivity contribution in [1.82, 2.24) is 0 Å². The number of allylic oxidation sites excluding steroid dienone is 3. The number of phenolic OH excluding ortho intramolecular Hbond substituents is 1. The van der Waals surface area contributed by atoms with E-state index in [0.717, 1.165) is 49.7 Å². The smallest absolute Gasteiger partial charge is 0.473 e. The van der Waals surface area contributed by atoms with Gasteiger partial charge in [0.1, 0.15) is 11.5 Å². The van der Waals surface area contributed by atoms with Crippen molar-refractivity contribution < 1.29 is 33.1 Å². The van der Waals surface area contributed by atoms with Crippen LogP contribution in [0.1, 0.15) is 69.9 Å². The van der Waals surface area contributed by atoms with Crippen molar-refractivity contribution in [1.29, 1.82) is 0 Å². The first-order valence-corrected chi connectivity index (χ1v) is 12.7. The van der Waals surface area contributed by atoms with Gasteiger partial charge >= 0.3 is 13.8 Å². The van der Waals surface area contributed by atoms with Gasteiger partial charge in [0.2, 0.25) is 0 Å². The molecule has 0 bridgehead atoms. The number of ether oxygens (including phenoxy) is 1. The lowest BCUT2D eigenvalue weighted by atomic mass is 9.73. The second-order valence-corrected chi connectivity index (χ2v) is 10.2. The van der Waals surface area contributed by atoms with Gasteiger partial charge < -0.3 is 14.7 Å². The summed E-state index contributed by atoms with van der Waals surface area (Å²) in [5.41, 5.74) is 3.58. The molecule has 2 aliphatic rings.